The monoisotopic (exact) mass is 308 g/mol. The summed E-state index contributed by atoms with van der Waals surface area (Å²) in [6.07, 6.45) is 2.22. The zero-order valence-corrected chi connectivity index (χ0v) is 14.8. The van der Waals surface area contributed by atoms with Crippen molar-refractivity contribution in [2.45, 2.75) is 40.5 Å². The molecule has 1 aliphatic rings. The van der Waals surface area contributed by atoms with Crippen molar-refractivity contribution in [1.29, 1.82) is 0 Å². The largest absolute Gasteiger partial charge is 0.294 e. The number of carbonyl (C=O) groups is 1. The Kier molecular flexibility index (Phi) is 6.15. The first-order valence-corrected chi connectivity index (χ1v) is 8.86. The summed E-state index contributed by atoms with van der Waals surface area (Å²) in [5.74, 6) is 1.71. The lowest BCUT2D eigenvalue weighted by Crippen LogP contribution is -2.19. The summed E-state index contributed by atoms with van der Waals surface area (Å²) < 4.78 is 0. The molecule has 0 aromatic heterocycles. The van der Waals surface area contributed by atoms with Crippen molar-refractivity contribution in [2.75, 3.05) is 0 Å². The van der Waals surface area contributed by atoms with Gasteiger partial charge in [-0.15, -0.1) is 0 Å². The zero-order chi connectivity index (χ0) is 16.8. The number of hydrogen-bond acceptors (Lipinski definition) is 1. The lowest BCUT2D eigenvalue weighted by atomic mass is 9.86. The highest BCUT2D eigenvalue weighted by atomic mass is 16.1. The summed E-state index contributed by atoms with van der Waals surface area (Å²) in [5.41, 5.74) is 3.22. The van der Waals surface area contributed by atoms with Crippen LogP contribution in [0.15, 0.2) is 54.6 Å². The average molecular weight is 308 g/mol. The van der Waals surface area contributed by atoms with E-state index in [-0.39, 0.29) is 5.92 Å². The highest BCUT2D eigenvalue weighted by Crippen LogP contribution is 2.38. The van der Waals surface area contributed by atoms with Gasteiger partial charge in [-0.3, -0.25) is 4.79 Å². The summed E-state index contributed by atoms with van der Waals surface area (Å²) in [4.78, 5) is 12.7. The normalized spacial score (nSPS) is 23.0. The third kappa shape index (κ3) is 3.90. The molecule has 2 aromatic rings. The Hall–Kier alpha value is -1.89. The van der Waals surface area contributed by atoms with Gasteiger partial charge in [0.15, 0.2) is 5.78 Å². The van der Waals surface area contributed by atoms with Gasteiger partial charge in [-0.05, 0) is 35.8 Å². The standard InChI is InChI=1S/C20H22O.C2H6/c1-14-8-13-19(15(14)2)20(21)18-11-9-17(10-12-18)16-6-4-3-5-7-16;1-2/h3-7,9-12,14-15,19H,8,13H2,1-2H3;1-2H3/t14-,15+,19?;/m1./s1. The first-order valence-electron chi connectivity index (χ1n) is 8.86. The van der Waals surface area contributed by atoms with Crippen LogP contribution in [0.3, 0.4) is 0 Å². The molecule has 1 fully saturated rings. The van der Waals surface area contributed by atoms with Crippen LogP contribution in [0.1, 0.15) is 50.9 Å². The maximum atomic E-state index is 12.7. The molecule has 3 rings (SSSR count). The molecule has 1 unspecified atom stereocenters. The van der Waals surface area contributed by atoms with Gasteiger partial charge in [0, 0.05) is 11.5 Å². The second kappa shape index (κ2) is 8.10. The summed E-state index contributed by atoms with van der Waals surface area (Å²) in [6, 6.07) is 18.4. The molecule has 0 N–H and O–H groups in total. The summed E-state index contributed by atoms with van der Waals surface area (Å²) >= 11 is 0. The van der Waals surface area contributed by atoms with Gasteiger partial charge >= 0.3 is 0 Å². The van der Waals surface area contributed by atoms with Crippen molar-refractivity contribution >= 4 is 5.78 Å². The van der Waals surface area contributed by atoms with E-state index in [4.69, 9.17) is 0 Å². The third-order valence-electron chi connectivity index (χ3n) is 5.08. The highest BCUT2D eigenvalue weighted by Gasteiger charge is 2.34. The zero-order valence-electron chi connectivity index (χ0n) is 14.8. The first kappa shape index (κ1) is 17.5. The van der Waals surface area contributed by atoms with Crippen LogP contribution in [0.2, 0.25) is 0 Å². The summed E-state index contributed by atoms with van der Waals surface area (Å²) in [6.45, 7) is 8.48. The topological polar surface area (TPSA) is 17.1 Å². The van der Waals surface area contributed by atoms with Gasteiger partial charge in [0.25, 0.3) is 0 Å². The van der Waals surface area contributed by atoms with E-state index in [2.05, 4.69) is 38.1 Å². The van der Waals surface area contributed by atoms with E-state index in [9.17, 15) is 4.79 Å². The van der Waals surface area contributed by atoms with Gasteiger partial charge in [-0.2, -0.15) is 0 Å². The van der Waals surface area contributed by atoms with E-state index < -0.39 is 0 Å². The van der Waals surface area contributed by atoms with Crippen molar-refractivity contribution in [3.05, 3.63) is 60.2 Å². The Morgan fingerprint density at radius 1 is 0.826 bits per heavy atom. The second-order valence-corrected chi connectivity index (χ2v) is 6.33. The van der Waals surface area contributed by atoms with Crippen LogP contribution in [0, 0.1) is 17.8 Å². The summed E-state index contributed by atoms with van der Waals surface area (Å²) in [5, 5.41) is 0. The Morgan fingerprint density at radius 2 is 1.39 bits per heavy atom. The molecule has 0 aliphatic heterocycles. The fourth-order valence-electron chi connectivity index (χ4n) is 3.41. The van der Waals surface area contributed by atoms with Crippen LogP contribution >= 0.6 is 0 Å². The molecular formula is C22H28O. The van der Waals surface area contributed by atoms with E-state index >= 15 is 0 Å². The average Bonchev–Trinajstić information content (AvgIpc) is 2.96. The van der Waals surface area contributed by atoms with Gasteiger partial charge < -0.3 is 0 Å². The molecule has 2 aromatic carbocycles. The van der Waals surface area contributed by atoms with Gasteiger partial charge in [0.1, 0.15) is 0 Å². The van der Waals surface area contributed by atoms with E-state index in [0.29, 0.717) is 17.6 Å². The number of hydrogen-bond donors (Lipinski definition) is 0. The minimum absolute atomic E-state index is 0.211. The number of rotatable bonds is 3. The van der Waals surface area contributed by atoms with E-state index in [0.717, 1.165) is 12.0 Å². The first-order chi connectivity index (χ1) is 11.2. The predicted molar refractivity (Wildman–Crippen MR) is 98.6 cm³/mol. The van der Waals surface area contributed by atoms with Crippen LogP contribution in [0.4, 0.5) is 0 Å². The third-order valence-corrected chi connectivity index (χ3v) is 5.08. The summed E-state index contributed by atoms with van der Waals surface area (Å²) in [7, 11) is 0. The predicted octanol–water partition coefficient (Wildman–Crippen LogP) is 6.24. The fraction of sp³-hybridized carbons (Fsp3) is 0.409. The molecule has 0 amide bonds. The molecular weight excluding hydrogens is 280 g/mol. The molecule has 0 radical (unpaired) electrons. The van der Waals surface area contributed by atoms with Crippen molar-refractivity contribution in [2.24, 2.45) is 17.8 Å². The van der Waals surface area contributed by atoms with Crippen LogP contribution < -0.4 is 0 Å². The number of carbonyl (C=O) groups excluding carboxylic acids is 1. The molecule has 0 saturated heterocycles. The number of Topliss-reactive ketones (excluding diaryl/α,β-unsaturated/α-hetero) is 1. The number of ketones is 1. The van der Waals surface area contributed by atoms with E-state index in [1.165, 1.54) is 17.5 Å². The molecule has 1 nitrogen and oxygen atoms in total. The minimum Gasteiger partial charge on any atom is -0.294 e. The van der Waals surface area contributed by atoms with E-state index in [1.54, 1.807) is 0 Å². The fourth-order valence-corrected chi connectivity index (χ4v) is 3.41. The Labute approximate surface area is 140 Å². The maximum Gasteiger partial charge on any atom is 0.166 e. The molecule has 1 aliphatic carbocycles. The van der Waals surface area contributed by atoms with Gasteiger partial charge in [-0.1, -0.05) is 82.3 Å². The van der Waals surface area contributed by atoms with Crippen molar-refractivity contribution in [3.8, 4) is 11.1 Å². The molecule has 0 heterocycles. The van der Waals surface area contributed by atoms with Gasteiger partial charge in [0.05, 0.1) is 0 Å². The SMILES string of the molecule is CC.C[C@@H]1CCC(C(=O)c2ccc(-c3ccccc3)cc2)[C@H]1C. The van der Waals surface area contributed by atoms with Crippen molar-refractivity contribution in [3.63, 3.8) is 0 Å². The number of benzene rings is 2. The maximum absolute atomic E-state index is 12.7. The molecule has 1 saturated carbocycles. The molecule has 0 spiro atoms. The molecule has 3 atom stereocenters. The van der Waals surface area contributed by atoms with Crippen molar-refractivity contribution < 1.29 is 4.79 Å². The molecule has 1 heteroatoms. The molecule has 0 bridgehead atoms. The van der Waals surface area contributed by atoms with Crippen LogP contribution in [-0.4, -0.2) is 5.78 Å². The van der Waals surface area contributed by atoms with Gasteiger partial charge in [0.2, 0.25) is 0 Å². The van der Waals surface area contributed by atoms with Gasteiger partial charge in [-0.25, -0.2) is 0 Å². The van der Waals surface area contributed by atoms with Crippen LogP contribution in [0.5, 0.6) is 0 Å². The quantitative estimate of drug-likeness (QED) is 0.613. The van der Waals surface area contributed by atoms with E-state index in [1.807, 2.05) is 44.2 Å². The molecule has 23 heavy (non-hydrogen) atoms. The molecule has 122 valence electrons. The Bertz CT molecular complexity index is 612. The van der Waals surface area contributed by atoms with Crippen LogP contribution in [-0.2, 0) is 0 Å². The minimum atomic E-state index is 0.211. The van der Waals surface area contributed by atoms with Crippen LogP contribution in [0.25, 0.3) is 11.1 Å². The van der Waals surface area contributed by atoms with Crippen molar-refractivity contribution in [1.82, 2.24) is 0 Å². The lowest BCUT2D eigenvalue weighted by Gasteiger charge is -2.17. The smallest absolute Gasteiger partial charge is 0.166 e. The highest BCUT2D eigenvalue weighted by molar-refractivity contribution is 5.98. The Balaban J connectivity index is 0.000000924. The second-order valence-electron chi connectivity index (χ2n) is 6.33. The lowest BCUT2D eigenvalue weighted by molar-refractivity contribution is 0.0889. The Morgan fingerprint density at radius 3 is 1.91 bits per heavy atom.